The Morgan fingerprint density at radius 3 is 2.47 bits per heavy atom. The summed E-state index contributed by atoms with van der Waals surface area (Å²) in [5, 5.41) is 22.3. The van der Waals surface area contributed by atoms with E-state index in [-0.39, 0.29) is 23.5 Å². The van der Waals surface area contributed by atoms with Gasteiger partial charge in [0.2, 0.25) is 5.91 Å². The Bertz CT molecular complexity index is 1080. The van der Waals surface area contributed by atoms with Gasteiger partial charge in [-0.25, -0.2) is 0 Å². The number of carbonyl (C=O) groups is 1. The number of halogens is 4. The van der Waals surface area contributed by atoms with E-state index in [0.29, 0.717) is 31.9 Å². The molecule has 1 saturated heterocycles. The van der Waals surface area contributed by atoms with E-state index in [1.54, 1.807) is 9.80 Å². The van der Waals surface area contributed by atoms with Gasteiger partial charge in [0.05, 0.1) is 33.7 Å². The zero-order valence-electron chi connectivity index (χ0n) is 16.5. The van der Waals surface area contributed by atoms with Crippen LogP contribution in [0.15, 0.2) is 36.4 Å². The highest BCUT2D eigenvalue weighted by molar-refractivity contribution is 6.31. The molecule has 3 rings (SSSR count). The maximum absolute atomic E-state index is 13.0. The average molecular weight is 468 g/mol. The molecule has 0 aliphatic carbocycles. The van der Waals surface area contributed by atoms with Gasteiger partial charge in [0.1, 0.15) is 5.69 Å². The number of benzene rings is 2. The van der Waals surface area contributed by atoms with Gasteiger partial charge < -0.3 is 10.2 Å². The highest BCUT2D eigenvalue weighted by Crippen LogP contribution is 2.36. The van der Waals surface area contributed by atoms with Gasteiger partial charge >= 0.3 is 6.18 Å². The van der Waals surface area contributed by atoms with Crippen LogP contribution in [-0.2, 0) is 11.0 Å². The molecule has 12 heteroatoms. The third-order valence-corrected chi connectivity index (χ3v) is 5.27. The summed E-state index contributed by atoms with van der Waals surface area (Å²) in [4.78, 5) is 26.7. The molecule has 2 aromatic carbocycles. The summed E-state index contributed by atoms with van der Waals surface area (Å²) in [6, 6.07) is 9.26. The van der Waals surface area contributed by atoms with E-state index < -0.39 is 27.6 Å². The zero-order chi connectivity index (χ0) is 23.5. The molecule has 0 atom stereocenters. The number of hydrogen-bond donors (Lipinski definition) is 1. The van der Waals surface area contributed by atoms with Gasteiger partial charge in [-0.2, -0.15) is 18.4 Å². The molecule has 0 radical (unpaired) electrons. The fourth-order valence-electron chi connectivity index (χ4n) is 3.38. The van der Waals surface area contributed by atoms with Crippen molar-refractivity contribution < 1.29 is 22.9 Å². The zero-order valence-corrected chi connectivity index (χ0v) is 17.3. The summed E-state index contributed by atoms with van der Waals surface area (Å²) in [5.41, 5.74) is -0.641. The van der Waals surface area contributed by atoms with Crippen molar-refractivity contribution in [3.05, 3.63) is 62.7 Å². The molecule has 1 aliphatic rings. The highest BCUT2D eigenvalue weighted by Gasteiger charge is 2.33. The van der Waals surface area contributed by atoms with Crippen molar-refractivity contribution in [2.45, 2.75) is 6.18 Å². The van der Waals surface area contributed by atoms with Crippen LogP contribution >= 0.6 is 11.6 Å². The number of rotatable bonds is 5. The number of piperazine rings is 1. The predicted octanol–water partition coefficient (Wildman–Crippen LogP) is 3.90. The summed E-state index contributed by atoms with van der Waals surface area (Å²) < 4.78 is 38.9. The lowest BCUT2D eigenvalue weighted by Gasteiger charge is -2.35. The Hall–Kier alpha value is -3.36. The van der Waals surface area contributed by atoms with Crippen LogP contribution in [0.4, 0.5) is 30.2 Å². The standard InChI is InChI=1S/C20H17ClF3N5O3/c21-16-3-2-14(10-15(16)20(22,23)24)26-19(30)12-27-5-7-28(8-6-27)17-4-1-13(11-25)9-18(17)29(31)32/h1-4,9-10H,5-8,12H2,(H,26,30). The lowest BCUT2D eigenvalue weighted by molar-refractivity contribution is -0.384. The van der Waals surface area contributed by atoms with Crippen molar-refractivity contribution in [3.8, 4) is 6.07 Å². The molecule has 32 heavy (non-hydrogen) atoms. The van der Waals surface area contributed by atoms with Crippen molar-refractivity contribution in [2.75, 3.05) is 42.9 Å². The van der Waals surface area contributed by atoms with Crippen LogP contribution in [0.1, 0.15) is 11.1 Å². The molecule has 168 valence electrons. The molecule has 1 amide bonds. The van der Waals surface area contributed by atoms with Crippen LogP contribution in [0.2, 0.25) is 5.02 Å². The van der Waals surface area contributed by atoms with Crippen LogP contribution in [0.3, 0.4) is 0 Å². The number of amides is 1. The first kappa shape index (κ1) is 23.3. The van der Waals surface area contributed by atoms with Gasteiger partial charge in [0.25, 0.3) is 5.69 Å². The molecule has 8 nitrogen and oxygen atoms in total. The molecule has 1 heterocycles. The van der Waals surface area contributed by atoms with E-state index in [1.165, 1.54) is 24.3 Å². The van der Waals surface area contributed by atoms with Crippen molar-refractivity contribution in [1.82, 2.24) is 4.90 Å². The monoisotopic (exact) mass is 467 g/mol. The summed E-state index contributed by atoms with van der Waals surface area (Å²) in [5.74, 6) is -0.488. The van der Waals surface area contributed by atoms with Crippen molar-refractivity contribution >= 4 is 34.6 Å². The van der Waals surface area contributed by atoms with Gasteiger partial charge in [0.15, 0.2) is 0 Å². The van der Waals surface area contributed by atoms with Crippen LogP contribution in [0.5, 0.6) is 0 Å². The first-order chi connectivity index (χ1) is 15.1. The molecular weight excluding hydrogens is 451 g/mol. The molecule has 0 aromatic heterocycles. The maximum Gasteiger partial charge on any atom is 0.417 e. The second-order valence-corrected chi connectivity index (χ2v) is 7.48. The van der Waals surface area contributed by atoms with E-state index in [4.69, 9.17) is 16.9 Å². The van der Waals surface area contributed by atoms with E-state index in [2.05, 4.69) is 5.32 Å². The lowest BCUT2D eigenvalue weighted by atomic mass is 10.1. The third kappa shape index (κ3) is 5.46. The first-order valence-electron chi connectivity index (χ1n) is 9.41. The summed E-state index contributed by atoms with van der Waals surface area (Å²) in [7, 11) is 0. The summed E-state index contributed by atoms with van der Waals surface area (Å²) >= 11 is 5.58. The number of nitro groups is 1. The number of carbonyl (C=O) groups excluding carboxylic acids is 1. The number of nitro benzene ring substituents is 1. The lowest BCUT2D eigenvalue weighted by Crippen LogP contribution is -2.48. The number of hydrogen-bond acceptors (Lipinski definition) is 6. The minimum atomic E-state index is -4.64. The van der Waals surface area contributed by atoms with Gasteiger partial charge in [-0.1, -0.05) is 11.6 Å². The molecule has 0 bridgehead atoms. The highest BCUT2D eigenvalue weighted by atomic mass is 35.5. The van der Waals surface area contributed by atoms with E-state index >= 15 is 0 Å². The number of anilines is 2. The number of nitriles is 1. The van der Waals surface area contributed by atoms with Crippen molar-refractivity contribution in [2.24, 2.45) is 0 Å². The maximum atomic E-state index is 13.0. The molecular formula is C20H17ClF3N5O3. The smallest absolute Gasteiger partial charge is 0.363 e. The normalized spacial score (nSPS) is 14.7. The van der Waals surface area contributed by atoms with E-state index in [9.17, 15) is 28.1 Å². The molecule has 2 aromatic rings. The van der Waals surface area contributed by atoms with Crippen LogP contribution in [-0.4, -0.2) is 48.5 Å². The van der Waals surface area contributed by atoms with Crippen molar-refractivity contribution in [3.63, 3.8) is 0 Å². The molecule has 1 N–H and O–H groups in total. The molecule has 1 aliphatic heterocycles. The number of alkyl halides is 3. The SMILES string of the molecule is N#Cc1ccc(N2CCN(CC(=O)Nc3ccc(Cl)c(C(F)(F)F)c3)CC2)c([N+](=O)[O-])c1. The van der Waals surface area contributed by atoms with Crippen LogP contribution in [0, 0.1) is 21.4 Å². The van der Waals surface area contributed by atoms with Crippen LogP contribution in [0.25, 0.3) is 0 Å². The Balaban J connectivity index is 1.60. The summed E-state index contributed by atoms with van der Waals surface area (Å²) in [6.07, 6.45) is -4.64. The van der Waals surface area contributed by atoms with E-state index in [0.717, 1.165) is 12.1 Å². The number of nitrogens with one attached hydrogen (secondary N) is 1. The Kier molecular flexibility index (Phi) is 6.86. The second-order valence-electron chi connectivity index (χ2n) is 7.08. The average Bonchev–Trinajstić information content (AvgIpc) is 2.74. The van der Waals surface area contributed by atoms with Gasteiger partial charge in [0, 0.05) is 37.9 Å². The predicted molar refractivity (Wildman–Crippen MR) is 112 cm³/mol. The number of nitrogens with zero attached hydrogens (tertiary/aromatic N) is 4. The minimum Gasteiger partial charge on any atom is -0.363 e. The Morgan fingerprint density at radius 2 is 1.88 bits per heavy atom. The molecule has 0 unspecified atom stereocenters. The molecule has 0 saturated carbocycles. The van der Waals surface area contributed by atoms with Gasteiger partial charge in [-0.05, 0) is 30.3 Å². The largest absolute Gasteiger partial charge is 0.417 e. The Morgan fingerprint density at radius 1 is 1.19 bits per heavy atom. The van der Waals surface area contributed by atoms with Crippen LogP contribution < -0.4 is 10.2 Å². The Labute approximate surface area is 185 Å². The fourth-order valence-corrected chi connectivity index (χ4v) is 3.60. The van der Waals surface area contributed by atoms with Crippen molar-refractivity contribution in [1.29, 1.82) is 5.26 Å². The molecule has 0 spiro atoms. The fraction of sp³-hybridized carbons (Fsp3) is 0.300. The van der Waals surface area contributed by atoms with E-state index in [1.807, 2.05) is 6.07 Å². The second kappa shape index (κ2) is 9.42. The topological polar surface area (TPSA) is 103 Å². The summed E-state index contributed by atoms with van der Waals surface area (Å²) in [6.45, 7) is 1.59. The quantitative estimate of drug-likeness (QED) is 0.528. The van der Waals surface area contributed by atoms with Gasteiger partial charge in [-0.3, -0.25) is 19.8 Å². The third-order valence-electron chi connectivity index (χ3n) is 4.94. The van der Waals surface area contributed by atoms with Gasteiger partial charge in [-0.15, -0.1) is 0 Å². The molecule has 1 fully saturated rings. The first-order valence-corrected chi connectivity index (χ1v) is 9.78. The minimum absolute atomic E-state index is 0.0152.